The summed E-state index contributed by atoms with van der Waals surface area (Å²) in [7, 11) is 0. The molecule has 0 bridgehead atoms. The summed E-state index contributed by atoms with van der Waals surface area (Å²) < 4.78 is 0. The normalized spacial score (nSPS) is 27.7. The minimum atomic E-state index is -0.0563. The molecule has 0 spiro atoms. The van der Waals surface area contributed by atoms with Crippen molar-refractivity contribution in [2.75, 3.05) is 25.0 Å². The van der Waals surface area contributed by atoms with E-state index in [9.17, 15) is 4.79 Å². The number of nitrogens with one attached hydrogen (secondary N) is 1. The fraction of sp³-hybridized carbons (Fsp3) is 0.588. The molecule has 1 saturated heterocycles. The summed E-state index contributed by atoms with van der Waals surface area (Å²) in [6.07, 6.45) is 4.09. The number of anilines is 1. The van der Waals surface area contributed by atoms with Gasteiger partial charge < -0.3 is 16.0 Å². The Hall–Kier alpha value is -0.810. The second-order valence-corrected chi connectivity index (χ2v) is 7.49. The van der Waals surface area contributed by atoms with Gasteiger partial charge >= 0.3 is 0 Å². The highest BCUT2D eigenvalue weighted by Gasteiger charge is 2.38. The van der Waals surface area contributed by atoms with Gasteiger partial charge in [-0.2, -0.15) is 0 Å². The van der Waals surface area contributed by atoms with Crippen LogP contribution < -0.4 is 11.1 Å². The van der Waals surface area contributed by atoms with Crippen molar-refractivity contribution in [3.05, 3.63) is 28.2 Å². The molecule has 3 N–H and O–H groups in total. The number of carbonyl (C=O) groups excluding carboxylic acids is 1. The number of nitrogens with zero attached hydrogens (tertiary/aromatic N) is 1. The molecule has 0 aromatic heterocycles. The van der Waals surface area contributed by atoms with Gasteiger partial charge in [-0.05, 0) is 36.8 Å². The quantitative estimate of drug-likeness (QED) is 0.870. The first-order valence-corrected chi connectivity index (χ1v) is 9.02. The maximum atomic E-state index is 12.2. The smallest absolute Gasteiger partial charge is 0.225 e. The van der Waals surface area contributed by atoms with Gasteiger partial charge in [0.15, 0.2) is 0 Å². The Morgan fingerprint density at radius 3 is 2.70 bits per heavy atom. The minimum Gasteiger partial charge on any atom is -0.327 e. The van der Waals surface area contributed by atoms with Crippen molar-refractivity contribution in [3.63, 3.8) is 0 Å². The first-order valence-electron chi connectivity index (χ1n) is 8.26. The lowest BCUT2D eigenvalue weighted by Crippen LogP contribution is -2.38. The van der Waals surface area contributed by atoms with E-state index in [1.54, 1.807) is 18.2 Å². The molecule has 23 heavy (non-hydrogen) atoms. The number of halogens is 2. The van der Waals surface area contributed by atoms with Gasteiger partial charge in [-0.15, -0.1) is 0 Å². The van der Waals surface area contributed by atoms with E-state index in [1.807, 2.05) is 0 Å². The first kappa shape index (κ1) is 17.0. The molecule has 1 heterocycles. The molecule has 1 aliphatic carbocycles. The molecular weight excluding hydrogens is 333 g/mol. The summed E-state index contributed by atoms with van der Waals surface area (Å²) in [5.74, 6) is 1.25. The summed E-state index contributed by atoms with van der Waals surface area (Å²) in [5, 5.41) is 3.74. The highest BCUT2D eigenvalue weighted by atomic mass is 35.5. The van der Waals surface area contributed by atoms with Crippen molar-refractivity contribution in [3.8, 4) is 0 Å². The van der Waals surface area contributed by atoms with Crippen LogP contribution in [-0.2, 0) is 4.79 Å². The summed E-state index contributed by atoms with van der Waals surface area (Å²) in [6.45, 7) is 2.85. The number of rotatable bonds is 4. The van der Waals surface area contributed by atoms with Gasteiger partial charge in [0.1, 0.15) is 0 Å². The second kappa shape index (κ2) is 7.39. The zero-order valence-corrected chi connectivity index (χ0v) is 14.6. The van der Waals surface area contributed by atoms with Gasteiger partial charge in [0, 0.05) is 32.1 Å². The maximum Gasteiger partial charge on any atom is 0.225 e. The van der Waals surface area contributed by atoms with E-state index in [0.29, 0.717) is 40.0 Å². The van der Waals surface area contributed by atoms with E-state index in [4.69, 9.17) is 28.9 Å². The van der Waals surface area contributed by atoms with Crippen LogP contribution in [0.3, 0.4) is 0 Å². The number of hydrogen-bond donors (Lipinski definition) is 2. The highest BCUT2D eigenvalue weighted by Crippen LogP contribution is 2.35. The Morgan fingerprint density at radius 1 is 1.26 bits per heavy atom. The number of amides is 1. The number of para-hydroxylation sites is 1. The van der Waals surface area contributed by atoms with Gasteiger partial charge in [-0.25, -0.2) is 0 Å². The summed E-state index contributed by atoms with van der Waals surface area (Å²) in [4.78, 5) is 14.5. The molecule has 3 unspecified atom stereocenters. The largest absolute Gasteiger partial charge is 0.327 e. The van der Waals surface area contributed by atoms with Crippen LogP contribution in [0.2, 0.25) is 10.0 Å². The van der Waals surface area contributed by atoms with Crippen LogP contribution in [0.4, 0.5) is 5.69 Å². The molecule has 1 amide bonds. The lowest BCUT2D eigenvalue weighted by molar-refractivity contribution is -0.116. The molecule has 1 aromatic rings. The van der Waals surface area contributed by atoms with Crippen LogP contribution in [0.5, 0.6) is 0 Å². The first-order chi connectivity index (χ1) is 11.0. The van der Waals surface area contributed by atoms with Crippen molar-refractivity contribution in [2.45, 2.75) is 31.7 Å². The van der Waals surface area contributed by atoms with E-state index in [2.05, 4.69) is 10.2 Å². The van der Waals surface area contributed by atoms with E-state index >= 15 is 0 Å². The number of hydrogen-bond acceptors (Lipinski definition) is 3. The number of fused-ring (bicyclic) bond motifs is 1. The SMILES string of the molecule is NC1CCCC2CN(CCC(=O)Nc3c(Cl)cccc3Cl)CC12. The van der Waals surface area contributed by atoms with Crippen LogP contribution >= 0.6 is 23.2 Å². The standard InChI is InChI=1S/C17H23Cl2N3O/c18-13-4-2-5-14(19)17(13)21-16(23)7-8-22-9-11-3-1-6-15(20)12(11)10-22/h2,4-5,11-12,15H,1,3,6-10,20H2,(H,21,23). The van der Waals surface area contributed by atoms with E-state index in [-0.39, 0.29) is 5.91 Å². The molecule has 6 heteroatoms. The Bertz CT molecular complexity index is 561. The molecule has 1 saturated carbocycles. The molecule has 1 aliphatic heterocycles. The Morgan fingerprint density at radius 2 is 2.00 bits per heavy atom. The molecule has 3 atom stereocenters. The Labute approximate surface area is 147 Å². The highest BCUT2D eigenvalue weighted by molar-refractivity contribution is 6.39. The van der Waals surface area contributed by atoms with Crippen molar-refractivity contribution < 1.29 is 4.79 Å². The Kier molecular flexibility index (Phi) is 5.47. The molecule has 0 radical (unpaired) electrons. The monoisotopic (exact) mass is 355 g/mol. The number of benzene rings is 1. The second-order valence-electron chi connectivity index (χ2n) is 6.67. The fourth-order valence-electron chi connectivity index (χ4n) is 3.87. The van der Waals surface area contributed by atoms with Crippen LogP contribution in [0.1, 0.15) is 25.7 Å². The molecule has 1 aromatic carbocycles. The fourth-order valence-corrected chi connectivity index (χ4v) is 4.36. The van der Waals surface area contributed by atoms with Gasteiger partial charge in [-0.3, -0.25) is 4.79 Å². The van der Waals surface area contributed by atoms with Gasteiger partial charge in [-0.1, -0.05) is 35.7 Å². The molecule has 2 aliphatic rings. The minimum absolute atomic E-state index is 0.0563. The summed E-state index contributed by atoms with van der Waals surface area (Å²) in [6, 6.07) is 5.52. The lowest BCUT2D eigenvalue weighted by Gasteiger charge is -2.29. The molecular formula is C17H23Cl2N3O. The van der Waals surface area contributed by atoms with Gasteiger partial charge in [0.05, 0.1) is 15.7 Å². The topological polar surface area (TPSA) is 58.4 Å². The van der Waals surface area contributed by atoms with Crippen molar-refractivity contribution in [1.29, 1.82) is 0 Å². The average molecular weight is 356 g/mol. The molecule has 3 rings (SSSR count). The zero-order valence-electron chi connectivity index (χ0n) is 13.1. The summed E-state index contributed by atoms with van der Waals surface area (Å²) in [5.41, 5.74) is 6.74. The predicted molar refractivity (Wildman–Crippen MR) is 95.0 cm³/mol. The average Bonchev–Trinajstić information content (AvgIpc) is 2.94. The summed E-state index contributed by atoms with van der Waals surface area (Å²) >= 11 is 12.2. The third kappa shape index (κ3) is 4.00. The van der Waals surface area contributed by atoms with Crippen molar-refractivity contribution in [2.24, 2.45) is 17.6 Å². The van der Waals surface area contributed by atoms with Crippen LogP contribution in [0, 0.1) is 11.8 Å². The number of nitrogens with two attached hydrogens (primary N) is 1. The van der Waals surface area contributed by atoms with Gasteiger partial charge in [0.25, 0.3) is 0 Å². The van der Waals surface area contributed by atoms with Gasteiger partial charge in [0.2, 0.25) is 5.91 Å². The molecule has 4 nitrogen and oxygen atoms in total. The van der Waals surface area contributed by atoms with Crippen LogP contribution in [0.15, 0.2) is 18.2 Å². The lowest BCUT2D eigenvalue weighted by atomic mass is 9.78. The maximum absolute atomic E-state index is 12.2. The third-order valence-corrected chi connectivity index (χ3v) is 5.74. The van der Waals surface area contributed by atoms with E-state index in [1.165, 1.54) is 12.8 Å². The third-order valence-electron chi connectivity index (χ3n) is 5.11. The zero-order chi connectivity index (χ0) is 16.4. The van der Waals surface area contributed by atoms with Crippen molar-refractivity contribution in [1.82, 2.24) is 4.90 Å². The molecule has 2 fully saturated rings. The van der Waals surface area contributed by atoms with Crippen LogP contribution in [0.25, 0.3) is 0 Å². The number of carbonyl (C=O) groups is 1. The van der Waals surface area contributed by atoms with E-state index in [0.717, 1.165) is 26.1 Å². The van der Waals surface area contributed by atoms with Crippen LogP contribution in [-0.4, -0.2) is 36.5 Å². The predicted octanol–water partition coefficient (Wildman–Crippen LogP) is 3.38. The van der Waals surface area contributed by atoms with Crippen molar-refractivity contribution >= 4 is 34.8 Å². The number of likely N-dealkylation sites (tertiary alicyclic amines) is 1. The van der Waals surface area contributed by atoms with E-state index < -0.39 is 0 Å². The molecule has 126 valence electrons. The Balaban J connectivity index is 1.50.